The summed E-state index contributed by atoms with van der Waals surface area (Å²) in [5.41, 5.74) is 0.600. The van der Waals surface area contributed by atoms with E-state index in [1.54, 1.807) is 24.3 Å². The lowest BCUT2D eigenvalue weighted by atomic mass is 9.90. The van der Waals surface area contributed by atoms with E-state index in [1.807, 2.05) is 4.90 Å². The topological polar surface area (TPSA) is 58.6 Å². The molecule has 0 spiro atoms. The monoisotopic (exact) mass is 362 g/mol. The molecule has 2 amide bonds. The van der Waals surface area contributed by atoms with E-state index in [9.17, 15) is 9.59 Å². The molecule has 1 aliphatic carbocycles. The van der Waals surface area contributed by atoms with Gasteiger partial charge in [0.15, 0.2) is 0 Å². The first-order valence-electron chi connectivity index (χ1n) is 9.11. The highest BCUT2D eigenvalue weighted by Crippen LogP contribution is 2.34. The lowest BCUT2D eigenvalue weighted by molar-refractivity contribution is -0.133. The number of hydrogen-bond donors (Lipinski definition) is 1. The Kier molecular flexibility index (Phi) is 4.69. The summed E-state index contributed by atoms with van der Waals surface area (Å²) in [6.07, 6.45) is 4.58. The lowest BCUT2D eigenvalue weighted by Gasteiger charge is -2.34. The molecular formula is C19H23ClN2O3. The third-order valence-corrected chi connectivity index (χ3v) is 5.89. The van der Waals surface area contributed by atoms with Crippen molar-refractivity contribution < 1.29 is 14.3 Å². The van der Waals surface area contributed by atoms with Crippen LogP contribution < -0.4 is 5.32 Å². The fourth-order valence-electron chi connectivity index (χ4n) is 3.93. The van der Waals surface area contributed by atoms with Crippen LogP contribution in [0.2, 0.25) is 5.02 Å². The Labute approximate surface area is 152 Å². The zero-order valence-electron chi connectivity index (χ0n) is 14.1. The molecule has 2 heterocycles. The number of carbonyl (C=O) groups is 2. The van der Waals surface area contributed by atoms with E-state index in [2.05, 4.69) is 5.32 Å². The molecule has 2 saturated heterocycles. The largest absolute Gasteiger partial charge is 0.363 e. The van der Waals surface area contributed by atoms with Crippen LogP contribution in [0.1, 0.15) is 42.5 Å². The molecule has 5 nitrogen and oxygen atoms in total. The Morgan fingerprint density at radius 1 is 1.24 bits per heavy atom. The van der Waals surface area contributed by atoms with Crippen molar-refractivity contribution in [1.29, 1.82) is 0 Å². The van der Waals surface area contributed by atoms with Crippen molar-refractivity contribution in [3.05, 3.63) is 34.9 Å². The first-order valence-corrected chi connectivity index (χ1v) is 9.48. The van der Waals surface area contributed by atoms with E-state index in [1.165, 1.54) is 6.42 Å². The maximum absolute atomic E-state index is 12.7. The van der Waals surface area contributed by atoms with Crippen molar-refractivity contribution in [2.45, 2.75) is 50.4 Å². The minimum Gasteiger partial charge on any atom is -0.363 e. The van der Waals surface area contributed by atoms with Crippen LogP contribution in [-0.4, -0.2) is 48.1 Å². The summed E-state index contributed by atoms with van der Waals surface area (Å²) in [7, 11) is 0. The normalized spacial score (nSPS) is 29.0. The lowest BCUT2D eigenvalue weighted by Crippen LogP contribution is -2.46. The molecule has 0 bridgehead atoms. The number of ether oxygens (including phenoxy) is 1. The second-order valence-electron chi connectivity index (χ2n) is 7.35. The van der Waals surface area contributed by atoms with Crippen LogP contribution in [0.5, 0.6) is 0 Å². The number of nitrogens with zero attached hydrogens (tertiary/aromatic N) is 1. The van der Waals surface area contributed by atoms with Gasteiger partial charge >= 0.3 is 0 Å². The molecule has 1 saturated carbocycles. The van der Waals surface area contributed by atoms with Gasteiger partial charge in [-0.15, -0.1) is 0 Å². The van der Waals surface area contributed by atoms with Crippen LogP contribution in [-0.2, 0) is 9.53 Å². The zero-order chi connectivity index (χ0) is 17.4. The first-order chi connectivity index (χ1) is 12.1. The fourth-order valence-corrected chi connectivity index (χ4v) is 4.12. The number of benzene rings is 1. The van der Waals surface area contributed by atoms with Gasteiger partial charge < -0.3 is 15.0 Å². The van der Waals surface area contributed by atoms with Crippen LogP contribution in [0.3, 0.4) is 0 Å². The Balaban J connectivity index is 1.36. The van der Waals surface area contributed by atoms with E-state index in [0.717, 1.165) is 25.7 Å². The van der Waals surface area contributed by atoms with E-state index in [-0.39, 0.29) is 24.0 Å². The number of carbonyl (C=O) groups excluding carboxylic acids is 2. The standard InChI is InChI=1S/C19H23ClN2O3/c20-14-4-1-3-13(9-14)19(24)22-8-7-12-10-16(25-17(12)11-22)18(23)21-15-5-2-6-15/h1,3-4,9,12,15-17H,2,5-8,10-11H2,(H,21,23)/t12-,16-,17-/m0/s1. The third-order valence-electron chi connectivity index (χ3n) is 5.65. The Hall–Kier alpha value is -1.59. The highest BCUT2D eigenvalue weighted by atomic mass is 35.5. The van der Waals surface area contributed by atoms with Gasteiger partial charge in [-0.05, 0) is 56.2 Å². The molecule has 6 heteroatoms. The summed E-state index contributed by atoms with van der Waals surface area (Å²) in [5, 5.41) is 3.64. The molecule has 1 aromatic carbocycles. The van der Waals surface area contributed by atoms with Gasteiger partial charge in [0.25, 0.3) is 5.91 Å². The van der Waals surface area contributed by atoms with Crippen molar-refractivity contribution in [1.82, 2.24) is 10.2 Å². The van der Waals surface area contributed by atoms with Crippen molar-refractivity contribution in [2.75, 3.05) is 13.1 Å². The average Bonchev–Trinajstić information content (AvgIpc) is 3.00. The van der Waals surface area contributed by atoms with Gasteiger partial charge in [-0.3, -0.25) is 9.59 Å². The molecule has 25 heavy (non-hydrogen) atoms. The maximum Gasteiger partial charge on any atom is 0.253 e. The van der Waals surface area contributed by atoms with Gasteiger partial charge in [0.1, 0.15) is 6.10 Å². The van der Waals surface area contributed by atoms with E-state index in [0.29, 0.717) is 35.6 Å². The van der Waals surface area contributed by atoms with Gasteiger partial charge in [0.2, 0.25) is 5.91 Å². The smallest absolute Gasteiger partial charge is 0.253 e. The van der Waals surface area contributed by atoms with Crippen LogP contribution in [0.15, 0.2) is 24.3 Å². The van der Waals surface area contributed by atoms with Crippen LogP contribution >= 0.6 is 11.6 Å². The fraction of sp³-hybridized carbons (Fsp3) is 0.579. The second-order valence-corrected chi connectivity index (χ2v) is 7.78. The van der Waals surface area contributed by atoms with Crippen molar-refractivity contribution in [2.24, 2.45) is 5.92 Å². The quantitative estimate of drug-likeness (QED) is 0.899. The Bertz CT molecular complexity index is 676. The summed E-state index contributed by atoms with van der Waals surface area (Å²) >= 11 is 5.99. The molecule has 1 N–H and O–H groups in total. The first kappa shape index (κ1) is 16.9. The van der Waals surface area contributed by atoms with Gasteiger partial charge in [0.05, 0.1) is 6.10 Å². The minimum absolute atomic E-state index is 0.0202. The molecule has 4 rings (SSSR count). The molecule has 2 aliphatic heterocycles. The summed E-state index contributed by atoms with van der Waals surface area (Å²) < 4.78 is 6.00. The maximum atomic E-state index is 12.7. The van der Waals surface area contributed by atoms with Gasteiger partial charge in [0, 0.05) is 29.7 Å². The van der Waals surface area contributed by atoms with E-state index >= 15 is 0 Å². The predicted molar refractivity (Wildman–Crippen MR) is 94.5 cm³/mol. The van der Waals surface area contributed by atoms with Gasteiger partial charge in [-0.25, -0.2) is 0 Å². The Morgan fingerprint density at radius 2 is 2.08 bits per heavy atom. The van der Waals surface area contributed by atoms with Crippen molar-refractivity contribution >= 4 is 23.4 Å². The summed E-state index contributed by atoms with van der Waals surface area (Å²) in [5.74, 6) is 0.360. The van der Waals surface area contributed by atoms with E-state index < -0.39 is 0 Å². The summed E-state index contributed by atoms with van der Waals surface area (Å²) in [4.78, 5) is 26.8. The molecular weight excluding hydrogens is 340 g/mol. The number of nitrogens with one attached hydrogen (secondary N) is 1. The highest BCUT2D eigenvalue weighted by Gasteiger charge is 2.43. The third kappa shape index (κ3) is 3.53. The molecule has 134 valence electrons. The summed E-state index contributed by atoms with van der Waals surface area (Å²) in [6, 6.07) is 7.36. The van der Waals surface area contributed by atoms with Crippen LogP contribution in [0.4, 0.5) is 0 Å². The minimum atomic E-state index is -0.364. The Morgan fingerprint density at radius 3 is 2.80 bits per heavy atom. The van der Waals surface area contributed by atoms with Crippen molar-refractivity contribution in [3.63, 3.8) is 0 Å². The predicted octanol–water partition coefficient (Wildman–Crippen LogP) is 2.63. The number of halogens is 1. The molecule has 0 aromatic heterocycles. The number of hydrogen-bond acceptors (Lipinski definition) is 3. The van der Waals surface area contributed by atoms with Gasteiger partial charge in [-0.1, -0.05) is 17.7 Å². The zero-order valence-corrected chi connectivity index (χ0v) is 14.9. The molecule has 3 atom stereocenters. The molecule has 1 aromatic rings. The molecule has 0 radical (unpaired) electrons. The van der Waals surface area contributed by atoms with E-state index in [4.69, 9.17) is 16.3 Å². The summed E-state index contributed by atoms with van der Waals surface area (Å²) in [6.45, 7) is 1.25. The molecule has 0 unspecified atom stereocenters. The molecule has 3 aliphatic rings. The molecule has 3 fully saturated rings. The number of rotatable bonds is 3. The van der Waals surface area contributed by atoms with Crippen molar-refractivity contribution in [3.8, 4) is 0 Å². The average molecular weight is 363 g/mol. The van der Waals surface area contributed by atoms with Gasteiger partial charge in [-0.2, -0.15) is 0 Å². The highest BCUT2D eigenvalue weighted by molar-refractivity contribution is 6.30. The SMILES string of the molecule is O=C(NC1CCC1)[C@@H]1C[C@@H]2CCN(C(=O)c3cccc(Cl)c3)C[C@@H]2O1. The second kappa shape index (κ2) is 6.96. The number of piperidine rings is 1. The van der Waals surface area contributed by atoms with Crippen LogP contribution in [0.25, 0.3) is 0 Å². The van der Waals surface area contributed by atoms with Crippen LogP contribution in [0, 0.1) is 5.92 Å². The number of amides is 2. The number of likely N-dealkylation sites (tertiary alicyclic amines) is 1. The number of fused-ring (bicyclic) bond motifs is 1.